The maximum atomic E-state index is 12.6. The first-order chi connectivity index (χ1) is 13.0. The van der Waals surface area contributed by atoms with Gasteiger partial charge in [-0.15, -0.1) is 0 Å². The van der Waals surface area contributed by atoms with Gasteiger partial charge in [-0.1, -0.05) is 29.8 Å². The SMILES string of the molecule is CC(C)Oc1ccccc1CN1CCCC(C(=O)Nc2ccc(Cl)cn2)C1. The molecule has 0 spiro atoms. The average Bonchev–Trinajstić information content (AvgIpc) is 2.65. The minimum absolute atomic E-state index is 0.0150. The van der Waals surface area contributed by atoms with Gasteiger partial charge < -0.3 is 10.1 Å². The summed E-state index contributed by atoms with van der Waals surface area (Å²) >= 11 is 5.85. The number of likely N-dealkylation sites (tertiary alicyclic amines) is 1. The summed E-state index contributed by atoms with van der Waals surface area (Å²) in [5, 5.41) is 3.46. The van der Waals surface area contributed by atoms with Crippen molar-refractivity contribution in [1.82, 2.24) is 9.88 Å². The van der Waals surface area contributed by atoms with Gasteiger partial charge in [0.15, 0.2) is 0 Å². The van der Waals surface area contributed by atoms with Crippen molar-refractivity contribution in [2.24, 2.45) is 5.92 Å². The average molecular weight is 388 g/mol. The summed E-state index contributed by atoms with van der Waals surface area (Å²) in [6, 6.07) is 11.6. The van der Waals surface area contributed by atoms with Crippen molar-refractivity contribution >= 4 is 23.3 Å². The van der Waals surface area contributed by atoms with Crippen molar-refractivity contribution in [3.63, 3.8) is 0 Å². The standard InChI is InChI=1S/C21H26ClN3O2/c1-15(2)27-19-8-4-3-6-16(19)13-25-11-5-7-17(14-25)21(26)24-20-10-9-18(22)12-23-20/h3-4,6,8-10,12,15,17H,5,7,11,13-14H2,1-2H3,(H,23,24,26). The number of hydrogen-bond donors (Lipinski definition) is 1. The number of aromatic nitrogens is 1. The molecule has 1 amide bonds. The van der Waals surface area contributed by atoms with E-state index in [-0.39, 0.29) is 17.9 Å². The second-order valence-electron chi connectivity index (χ2n) is 7.20. The van der Waals surface area contributed by atoms with E-state index in [1.807, 2.05) is 32.0 Å². The highest BCUT2D eigenvalue weighted by Gasteiger charge is 2.26. The van der Waals surface area contributed by atoms with Gasteiger partial charge in [-0.2, -0.15) is 0 Å². The first kappa shape index (κ1) is 19.6. The van der Waals surface area contributed by atoms with Crippen LogP contribution in [0, 0.1) is 5.92 Å². The molecule has 1 saturated heterocycles. The zero-order valence-corrected chi connectivity index (χ0v) is 16.6. The van der Waals surface area contributed by atoms with Gasteiger partial charge in [-0.05, 0) is 51.4 Å². The van der Waals surface area contributed by atoms with E-state index in [0.717, 1.165) is 43.8 Å². The summed E-state index contributed by atoms with van der Waals surface area (Å²) in [6.07, 6.45) is 3.56. The fourth-order valence-electron chi connectivity index (χ4n) is 3.34. The van der Waals surface area contributed by atoms with E-state index in [0.29, 0.717) is 10.8 Å². The zero-order valence-electron chi connectivity index (χ0n) is 15.8. The Morgan fingerprint density at radius 2 is 2.15 bits per heavy atom. The number of hydrogen-bond acceptors (Lipinski definition) is 4. The van der Waals surface area contributed by atoms with E-state index in [1.165, 1.54) is 6.20 Å². The predicted molar refractivity (Wildman–Crippen MR) is 108 cm³/mol. The molecule has 1 aromatic heterocycles. The Morgan fingerprint density at radius 3 is 2.89 bits per heavy atom. The Morgan fingerprint density at radius 1 is 1.33 bits per heavy atom. The van der Waals surface area contributed by atoms with Crippen molar-refractivity contribution in [3.8, 4) is 5.75 Å². The normalized spacial score (nSPS) is 17.7. The maximum Gasteiger partial charge on any atom is 0.229 e. The van der Waals surface area contributed by atoms with E-state index in [1.54, 1.807) is 12.1 Å². The molecule has 27 heavy (non-hydrogen) atoms. The van der Waals surface area contributed by atoms with Crippen LogP contribution in [0.3, 0.4) is 0 Å². The Hall–Kier alpha value is -2.11. The number of ether oxygens (including phenoxy) is 1. The number of rotatable bonds is 6. The molecular formula is C21H26ClN3O2. The molecule has 2 heterocycles. The van der Waals surface area contributed by atoms with Gasteiger partial charge in [0.25, 0.3) is 0 Å². The predicted octanol–water partition coefficient (Wildman–Crippen LogP) is 4.37. The monoisotopic (exact) mass is 387 g/mol. The topological polar surface area (TPSA) is 54.5 Å². The number of para-hydroxylation sites is 1. The number of amides is 1. The molecule has 0 bridgehead atoms. The van der Waals surface area contributed by atoms with E-state index >= 15 is 0 Å². The van der Waals surface area contributed by atoms with Crippen LogP contribution >= 0.6 is 11.6 Å². The number of carbonyl (C=O) groups excluding carboxylic acids is 1. The number of halogens is 1. The zero-order chi connectivity index (χ0) is 19.2. The number of benzene rings is 1. The number of pyridine rings is 1. The molecule has 144 valence electrons. The van der Waals surface area contributed by atoms with Crippen molar-refractivity contribution in [2.45, 2.75) is 39.3 Å². The van der Waals surface area contributed by atoms with E-state index in [2.05, 4.69) is 21.3 Å². The van der Waals surface area contributed by atoms with Crippen LogP contribution in [-0.4, -0.2) is 35.0 Å². The summed E-state index contributed by atoms with van der Waals surface area (Å²) in [6.45, 7) is 6.56. The number of nitrogens with zero attached hydrogens (tertiary/aromatic N) is 2. The summed E-state index contributed by atoms with van der Waals surface area (Å²) in [7, 11) is 0. The van der Waals surface area contributed by atoms with Crippen molar-refractivity contribution in [2.75, 3.05) is 18.4 Å². The van der Waals surface area contributed by atoms with E-state index < -0.39 is 0 Å². The van der Waals surface area contributed by atoms with Gasteiger partial charge in [-0.25, -0.2) is 4.98 Å². The summed E-state index contributed by atoms with van der Waals surface area (Å²) in [4.78, 5) is 19.1. The number of piperidine rings is 1. The van der Waals surface area contributed by atoms with Gasteiger partial charge >= 0.3 is 0 Å². The molecule has 0 aliphatic carbocycles. The summed E-state index contributed by atoms with van der Waals surface area (Å²) in [5.74, 6) is 1.43. The molecule has 0 radical (unpaired) electrons. The molecule has 1 aliphatic heterocycles. The molecule has 5 nitrogen and oxygen atoms in total. The highest BCUT2D eigenvalue weighted by atomic mass is 35.5. The maximum absolute atomic E-state index is 12.6. The largest absolute Gasteiger partial charge is 0.491 e. The molecule has 1 N–H and O–H groups in total. The molecule has 1 atom stereocenters. The minimum atomic E-state index is -0.0468. The molecule has 6 heteroatoms. The Bertz CT molecular complexity index is 764. The molecule has 1 fully saturated rings. The lowest BCUT2D eigenvalue weighted by molar-refractivity contribution is -0.121. The second kappa shape index (κ2) is 9.20. The van der Waals surface area contributed by atoms with Gasteiger partial charge in [0.05, 0.1) is 17.0 Å². The van der Waals surface area contributed by atoms with E-state index in [4.69, 9.17) is 16.3 Å². The molecule has 2 aromatic rings. The molecule has 1 unspecified atom stereocenters. The second-order valence-corrected chi connectivity index (χ2v) is 7.64. The van der Waals surface area contributed by atoms with Crippen LogP contribution in [0.4, 0.5) is 5.82 Å². The van der Waals surface area contributed by atoms with Crippen molar-refractivity contribution < 1.29 is 9.53 Å². The molecule has 1 aliphatic rings. The molecular weight excluding hydrogens is 362 g/mol. The summed E-state index contributed by atoms with van der Waals surface area (Å²) < 4.78 is 5.92. The fourth-order valence-corrected chi connectivity index (χ4v) is 3.45. The molecule has 1 aromatic carbocycles. The van der Waals surface area contributed by atoms with E-state index in [9.17, 15) is 4.79 Å². The fraction of sp³-hybridized carbons (Fsp3) is 0.429. The van der Waals surface area contributed by atoms with Gasteiger partial charge in [0, 0.05) is 24.8 Å². The van der Waals surface area contributed by atoms with Crippen molar-refractivity contribution in [3.05, 3.63) is 53.2 Å². The quantitative estimate of drug-likeness (QED) is 0.799. The number of anilines is 1. The van der Waals surface area contributed by atoms with Crippen LogP contribution < -0.4 is 10.1 Å². The summed E-state index contributed by atoms with van der Waals surface area (Å²) in [5.41, 5.74) is 1.16. The number of carbonyl (C=O) groups is 1. The first-order valence-corrected chi connectivity index (χ1v) is 9.78. The molecule has 3 rings (SSSR count). The first-order valence-electron chi connectivity index (χ1n) is 9.40. The van der Waals surface area contributed by atoms with Crippen LogP contribution in [0.5, 0.6) is 5.75 Å². The third-order valence-corrected chi connectivity index (χ3v) is 4.81. The minimum Gasteiger partial charge on any atom is -0.491 e. The lowest BCUT2D eigenvalue weighted by atomic mass is 9.96. The molecule has 0 saturated carbocycles. The Labute approximate surface area is 165 Å². The highest BCUT2D eigenvalue weighted by molar-refractivity contribution is 6.30. The van der Waals surface area contributed by atoms with Crippen LogP contribution in [0.1, 0.15) is 32.3 Å². The van der Waals surface area contributed by atoms with Gasteiger partial charge in [0.1, 0.15) is 11.6 Å². The van der Waals surface area contributed by atoms with Crippen LogP contribution in [0.15, 0.2) is 42.6 Å². The third-order valence-electron chi connectivity index (χ3n) is 4.58. The lowest BCUT2D eigenvalue weighted by Gasteiger charge is -2.32. The number of nitrogens with one attached hydrogen (secondary N) is 1. The Kier molecular flexibility index (Phi) is 6.69. The van der Waals surface area contributed by atoms with Crippen LogP contribution in [0.25, 0.3) is 0 Å². The van der Waals surface area contributed by atoms with Crippen molar-refractivity contribution in [1.29, 1.82) is 0 Å². The lowest BCUT2D eigenvalue weighted by Crippen LogP contribution is -2.40. The smallest absolute Gasteiger partial charge is 0.229 e. The highest BCUT2D eigenvalue weighted by Crippen LogP contribution is 2.25. The van der Waals surface area contributed by atoms with Crippen LogP contribution in [0.2, 0.25) is 5.02 Å². The van der Waals surface area contributed by atoms with Crippen LogP contribution in [-0.2, 0) is 11.3 Å². The third kappa shape index (κ3) is 5.68. The van der Waals surface area contributed by atoms with Gasteiger partial charge in [0.2, 0.25) is 5.91 Å². The van der Waals surface area contributed by atoms with Gasteiger partial charge in [-0.3, -0.25) is 9.69 Å². The Balaban J connectivity index is 1.61.